The highest BCUT2D eigenvalue weighted by Crippen LogP contribution is 2.31. The molecule has 114 valence electrons. The van der Waals surface area contributed by atoms with Gasteiger partial charge in [0.05, 0.1) is 11.5 Å². The van der Waals surface area contributed by atoms with Gasteiger partial charge in [-0.1, -0.05) is 0 Å². The van der Waals surface area contributed by atoms with Crippen LogP contribution in [0.15, 0.2) is 18.5 Å². The van der Waals surface area contributed by atoms with E-state index >= 15 is 0 Å². The standard InChI is InChI=1S/C13H20N6O2/c1-9(2)18-13(12(19(20)21)11(4)16-18)15-10(3)8-17-7-5-6-14-17/h5-7,9-10,15H,8H2,1-4H3. The number of aromatic nitrogens is 4. The number of nitrogens with zero attached hydrogens (tertiary/aromatic N) is 5. The van der Waals surface area contributed by atoms with Crippen molar-refractivity contribution in [2.45, 2.75) is 46.3 Å². The molecule has 0 radical (unpaired) electrons. The molecule has 0 saturated carbocycles. The smallest absolute Gasteiger partial charge is 0.333 e. The van der Waals surface area contributed by atoms with Crippen LogP contribution in [0, 0.1) is 17.0 Å². The van der Waals surface area contributed by atoms with Gasteiger partial charge in [-0.3, -0.25) is 14.8 Å². The maximum absolute atomic E-state index is 11.3. The van der Waals surface area contributed by atoms with Crippen molar-refractivity contribution in [2.24, 2.45) is 0 Å². The zero-order valence-corrected chi connectivity index (χ0v) is 12.6. The molecular weight excluding hydrogens is 272 g/mol. The fourth-order valence-corrected chi connectivity index (χ4v) is 2.23. The first-order valence-corrected chi connectivity index (χ1v) is 6.87. The van der Waals surface area contributed by atoms with E-state index in [0.29, 0.717) is 18.1 Å². The van der Waals surface area contributed by atoms with Crippen LogP contribution in [0.3, 0.4) is 0 Å². The van der Waals surface area contributed by atoms with Gasteiger partial charge in [0.1, 0.15) is 5.69 Å². The zero-order valence-electron chi connectivity index (χ0n) is 12.6. The summed E-state index contributed by atoms with van der Waals surface area (Å²) in [6.45, 7) is 8.12. The van der Waals surface area contributed by atoms with Crippen molar-refractivity contribution in [3.8, 4) is 0 Å². The lowest BCUT2D eigenvalue weighted by Crippen LogP contribution is -2.24. The lowest BCUT2D eigenvalue weighted by molar-refractivity contribution is -0.384. The number of rotatable bonds is 6. The van der Waals surface area contributed by atoms with E-state index in [2.05, 4.69) is 15.5 Å². The van der Waals surface area contributed by atoms with Crippen LogP contribution in [0.25, 0.3) is 0 Å². The minimum atomic E-state index is -0.385. The van der Waals surface area contributed by atoms with Gasteiger partial charge in [-0.05, 0) is 33.8 Å². The van der Waals surface area contributed by atoms with E-state index in [-0.39, 0.29) is 22.7 Å². The second kappa shape index (κ2) is 5.94. The summed E-state index contributed by atoms with van der Waals surface area (Å²) in [7, 11) is 0. The Morgan fingerprint density at radius 1 is 1.43 bits per heavy atom. The molecule has 21 heavy (non-hydrogen) atoms. The Balaban J connectivity index is 2.26. The van der Waals surface area contributed by atoms with Crippen LogP contribution >= 0.6 is 0 Å². The van der Waals surface area contributed by atoms with Gasteiger partial charge in [-0.25, -0.2) is 4.68 Å². The number of hydrogen-bond acceptors (Lipinski definition) is 5. The van der Waals surface area contributed by atoms with Gasteiger partial charge in [0, 0.05) is 24.5 Å². The van der Waals surface area contributed by atoms with E-state index in [9.17, 15) is 10.1 Å². The second-order valence-electron chi connectivity index (χ2n) is 5.35. The van der Waals surface area contributed by atoms with Gasteiger partial charge in [0.25, 0.3) is 0 Å². The van der Waals surface area contributed by atoms with Crippen molar-refractivity contribution in [1.29, 1.82) is 0 Å². The van der Waals surface area contributed by atoms with Gasteiger partial charge in [-0.15, -0.1) is 0 Å². The summed E-state index contributed by atoms with van der Waals surface area (Å²) in [5.74, 6) is 0.451. The van der Waals surface area contributed by atoms with Crippen LogP contribution in [0.4, 0.5) is 11.5 Å². The van der Waals surface area contributed by atoms with Crippen LogP contribution in [-0.2, 0) is 6.54 Å². The number of nitro groups is 1. The number of aryl methyl sites for hydroxylation is 1. The molecule has 8 heteroatoms. The van der Waals surface area contributed by atoms with Gasteiger partial charge in [0.2, 0.25) is 5.82 Å². The summed E-state index contributed by atoms with van der Waals surface area (Å²) >= 11 is 0. The Morgan fingerprint density at radius 2 is 2.14 bits per heavy atom. The minimum absolute atomic E-state index is 0.0165. The molecule has 0 aliphatic rings. The molecule has 0 fully saturated rings. The highest BCUT2D eigenvalue weighted by molar-refractivity contribution is 5.60. The van der Waals surface area contributed by atoms with Crippen LogP contribution in [-0.4, -0.2) is 30.5 Å². The quantitative estimate of drug-likeness (QED) is 0.652. The van der Waals surface area contributed by atoms with Gasteiger partial charge in [-0.2, -0.15) is 10.2 Å². The third-order valence-electron chi connectivity index (χ3n) is 3.13. The predicted octanol–water partition coefficient (Wildman–Crippen LogP) is 2.38. The lowest BCUT2D eigenvalue weighted by atomic mass is 10.3. The lowest BCUT2D eigenvalue weighted by Gasteiger charge is -2.17. The highest BCUT2D eigenvalue weighted by atomic mass is 16.6. The molecule has 2 heterocycles. The van der Waals surface area contributed by atoms with E-state index in [1.54, 1.807) is 22.5 Å². The molecule has 0 amide bonds. The van der Waals surface area contributed by atoms with Gasteiger partial charge >= 0.3 is 5.69 Å². The average molecular weight is 292 g/mol. The Labute approximate surface area is 122 Å². The zero-order chi connectivity index (χ0) is 15.6. The minimum Gasteiger partial charge on any atom is -0.360 e. The molecule has 0 aromatic carbocycles. The van der Waals surface area contributed by atoms with Crippen LogP contribution in [0.1, 0.15) is 32.5 Å². The highest BCUT2D eigenvalue weighted by Gasteiger charge is 2.27. The predicted molar refractivity (Wildman–Crippen MR) is 79.3 cm³/mol. The van der Waals surface area contributed by atoms with Crippen LogP contribution in [0.5, 0.6) is 0 Å². The normalized spacial score (nSPS) is 12.6. The molecular formula is C13H20N6O2. The molecule has 0 aliphatic heterocycles. The van der Waals surface area contributed by atoms with Crippen LogP contribution in [0.2, 0.25) is 0 Å². The maximum atomic E-state index is 11.3. The summed E-state index contributed by atoms with van der Waals surface area (Å²) in [6.07, 6.45) is 3.56. The average Bonchev–Trinajstić information content (AvgIpc) is 2.97. The topological polar surface area (TPSA) is 90.8 Å². The first kappa shape index (κ1) is 15.0. The summed E-state index contributed by atoms with van der Waals surface area (Å²) < 4.78 is 3.44. The Morgan fingerprint density at radius 3 is 2.67 bits per heavy atom. The first-order valence-electron chi connectivity index (χ1n) is 6.87. The summed E-state index contributed by atoms with van der Waals surface area (Å²) in [6, 6.07) is 1.87. The number of nitrogens with one attached hydrogen (secondary N) is 1. The number of anilines is 1. The molecule has 0 saturated heterocycles. The molecule has 1 atom stereocenters. The Hall–Kier alpha value is -2.38. The molecule has 0 spiro atoms. The molecule has 0 aliphatic carbocycles. The summed E-state index contributed by atoms with van der Waals surface area (Å²) in [4.78, 5) is 10.9. The van der Waals surface area contributed by atoms with E-state index in [0.717, 1.165) is 0 Å². The fraction of sp³-hybridized carbons (Fsp3) is 0.538. The van der Waals surface area contributed by atoms with Crippen molar-refractivity contribution in [2.75, 3.05) is 5.32 Å². The summed E-state index contributed by atoms with van der Waals surface area (Å²) in [5, 5.41) is 22.9. The van der Waals surface area contributed by atoms with E-state index in [1.165, 1.54) is 0 Å². The third kappa shape index (κ3) is 3.21. The molecule has 0 bridgehead atoms. The van der Waals surface area contributed by atoms with Crippen LogP contribution < -0.4 is 5.32 Å². The van der Waals surface area contributed by atoms with Crippen molar-refractivity contribution in [1.82, 2.24) is 19.6 Å². The van der Waals surface area contributed by atoms with E-state index in [1.807, 2.05) is 33.0 Å². The summed E-state index contributed by atoms with van der Waals surface area (Å²) in [5.41, 5.74) is 0.457. The molecule has 2 aromatic rings. The molecule has 1 N–H and O–H groups in total. The van der Waals surface area contributed by atoms with Gasteiger partial charge < -0.3 is 5.32 Å². The van der Waals surface area contributed by atoms with Crippen molar-refractivity contribution in [3.05, 3.63) is 34.3 Å². The first-order chi connectivity index (χ1) is 9.90. The van der Waals surface area contributed by atoms with E-state index < -0.39 is 0 Å². The SMILES string of the molecule is Cc1nn(C(C)C)c(NC(C)Cn2cccn2)c1[N+](=O)[O-]. The second-order valence-corrected chi connectivity index (χ2v) is 5.35. The Bertz CT molecular complexity index is 617. The molecule has 1 unspecified atom stereocenters. The number of hydrogen-bond donors (Lipinski definition) is 1. The van der Waals surface area contributed by atoms with E-state index in [4.69, 9.17) is 0 Å². The molecule has 2 aromatic heterocycles. The fourth-order valence-electron chi connectivity index (χ4n) is 2.23. The third-order valence-corrected chi connectivity index (χ3v) is 3.13. The molecule has 8 nitrogen and oxygen atoms in total. The Kier molecular flexibility index (Phi) is 4.25. The van der Waals surface area contributed by atoms with Gasteiger partial charge in [0.15, 0.2) is 0 Å². The maximum Gasteiger partial charge on any atom is 0.333 e. The molecule has 2 rings (SSSR count). The monoisotopic (exact) mass is 292 g/mol. The van der Waals surface area contributed by atoms with Crippen molar-refractivity contribution < 1.29 is 4.92 Å². The van der Waals surface area contributed by atoms with Crippen molar-refractivity contribution in [3.63, 3.8) is 0 Å². The van der Waals surface area contributed by atoms with Crippen molar-refractivity contribution >= 4 is 11.5 Å². The largest absolute Gasteiger partial charge is 0.360 e.